The molecule has 7 nitrogen and oxygen atoms in total. The fourth-order valence-corrected chi connectivity index (χ4v) is 3.78. The molecule has 4 rings (SSSR count). The first-order chi connectivity index (χ1) is 13.8. The number of hydrogen-bond donors (Lipinski definition) is 0. The summed E-state index contributed by atoms with van der Waals surface area (Å²) in [6, 6.07) is 13.9. The van der Waals surface area contributed by atoms with Gasteiger partial charge >= 0.3 is 0 Å². The van der Waals surface area contributed by atoms with Gasteiger partial charge < -0.3 is 4.90 Å². The van der Waals surface area contributed by atoms with Gasteiger partial charge in [-0.2, -0.15) is 0 Å². The minimum Gasteiger partial charge on any atom is -0.330 e. The lowest BCUT2D eigenvalue weighted by Gasteiger charge is -2.34. The highest BCUT2D eigenvalue weighted by Crippen LogP contribution is 2.25. The zero-order chi connectivity index (χ0) is 19.2. The molecule has 2 heterocycles. The van der Waals surface area contributed by atoms with Gasteiger partial charge in [0, 0.05) is 17.8 Å². The van der Waals surface area contributed by atoms with Crippen molar-refractivity contribution in [3.63, 3.8) is 0 Å². The number of tetrazole rings is 1. The maximum Gasteiger partial charge on any atom is 0.254 e. The van der Waals surface area contributed by atoms with E-state index in [2.05, 4.69) is 20.5 Å². The Morgan fingerprint density at radius 2 is 1.89 bits per heavy atom. The first-order valence-corrected chi connectivity index (χ1v) is 9.80. The maximum atomic E-state index is 13.3. The number of carbonyl (C=O) groups is 1. The maximum absolute atomic E-state index is 13.3. The molecule has 0 unspecified atom stereocenters. The monoisotopic (exact) mass is 376 g/mol. The van der Waals surface area contributed by atoms with Gasteiger partial charge in [-0.1, -0.05) is 37.5 Å². The van der Waals surface area contributed by atoms with E-state index >= 15 is 0 Å². The molecule has 144 valence electrons. The topological polar surface area (TPSA) is 76.8 Å². The summed E-state index contributed by atoms with van der Waals surface area (Å²) in [5.41, 5.74) is 2.69. The number of hydrogen-bond acceptors (Lipinski definition) is 5. The van der Waals surface area contributed by atoms with Crippen LogP contribution in [0.4, 0.5) is 0 Å². The number of nitrogens with zero attached hydrogens (tertiary/aromatic N) is 6. The van der Waals surface area contributed by atoms with Gasteiger partial charge in [0.2, 0.25) is 0 Å². The number of benzene rings is 1. The lowest BCUT2D eigenvalue weighted by molar-refractivity contribution is 0.0611. The Morgan fingerprint density at radius 3 is 2.57 bits per heavy atom. The van der Waals surface area contributed by atoms with Gasteiger partial charge in [-0.15, -0.1) is 5.10 Å². The van der Waals surface area contributed by atoms with Crippen LogP contribution < -0.4 is 0 Å². The number of carbonyl (C=O) groups excluding carboxylic acids is 1. The first-order valence-electron chi connectivity index (χ1n) is 9.80. The molecule has 3 aromatic rings. The smallest absolute Gasteiger partial charge is 0.254 e. The zero-order valence-electron chi connectivity index (χ0n) is 15.8. The van der Waals surface area contributed by atoms with E-state index in [4.69, 9.17) is 0 Å². The SMILES string of the molecule is O=C(c1ccc(Cn2cnnn2)cc1)N(Cc1ccccn1)C1CCCCC1. The van der Waals surface area contributed by atoms with Gasteiger partial charge in [-0.25, -0.2) is 4.68 Å². The molecule has 0 radical (unpaired) electrons. The molecule has 1 aliphatic carbocycles. The molecule has 7 heteroatoms. The molecule has 1 saturated carbocycles. The molecule has 0 N–H and O–H groups in total. The molecule has 0 saturated heterocycles. The molecular formula is C21H24N6O. The Morgan fingerprint density at radius 1 is 1.07 bits per heavy atom. The Balaban J connectivity index is 1.52. The van der Waals surface area contributed by atoms with Crippen molar-refractivity contribution in [2.24, 2.45) is 0 Å². The van der Waals surface area contributed by atoms with E-state index in [0.29, 0.717) is 18.7 Å². The number of aromatic nitrogens is 5. The average molecular weight is 376 g/mol. The van der Waals surface area contributed by atoms with Crippen molar-refractivity contribution < 1.29 is 4.79 Å². The fourth-order valence-electron chi connectivity index (χ4n) is 3.78. The summed E-state index contributed by atoms with van der Waals surface area (Å²) in [6.45, 7) is 1.14. The minimum absolute atomic E-state index is 0.0755. The van der Waals surface area contributed by atoms with Crippen LogP contribution in [0.1, 0.15) is 53.7 Å². The molecule has 0 aliphatic heterocycles. The van der Waals surface area contributed by atoms with Gasteiger partial charge in [-0.05, 0) is 53.1 Å². The van der Waals surface area contributed by atoms with E-state index in [1.807, 2.05) is 47.4 Å². The van der Waals surface area contributed by atoms with Crippen molar-refractivity contribution in [1.82, 2.24) is 30.1 Å². The van der Waals surface area contributed by atoms with Crippen molar-refractivity contribution in [3.8, 4) is 0 Å². The van der Waals surface area contributed by atoms with E-state index < -0.39 is 0 Å². The Labute approximate surface area is 164 Å². The highest BCUT2D eigenvalue weighted by atomic mass is 16.2. The summed E-state index contributed by atoms with van der Waals surface area (Å²) >= 11 is 0. The summed E-state index contributed by atoms with van der Waals surface area (Å²) < 4.78 is 1.66. The molecule has 0 bridgehead atoms. The molecule has 1 aromatic carbocycles. The number of pyridine rings is 1. The van der Waals surface area contributed by atoms with Crippen molar-refractivity contribution >= 4 is 5.91 Å². The Kier molecular flexibility index (Phi) is 5.70. The van der Waals surface area contributed by atoms with Crippen molar-refractivity contribution in [3.05, 3.63) is 71.8 Å². The van der Waals surface area contributed by atoms with E-state index in [0.717, 1.165) is 24.1 Å². The first kappa shape index (κ1) is 18.3. The Hall–Kier alpha value is -3.09. The van der Waals surface area contributed by atoms with Crippen LogP contribution in [0.5, 0.6) is 0 Å². The molecular weight excluding hydrogens is 352 g/mol. The van der Waals surface area contributed by atoms with Crippen LogP contribution in [0.25, 0.3) is 0 Å². The van der Waals surface area contributed by atoms with Gasteiger partial charge in [0.15, 0.2) is 0 Å². The molecule has 2 aromatic heterocycles. The molecule has 28 heavy (non-hydrogen) atoms. The Bertz CT molecular complexity index is 873. The van der Waals surface area contributed by atoms with Crippen molar-refractivity contribution in [2.45, 2.75) is 51.2 Å². The summed E-state index contributed by atoms with van der Waals surface area (Å²) in [6.07, 6.45) is 9.12. The van der Waals surface area contributed by atoms with Gasteiger partial charge in [-0.3, -0.25) is 9.78 Å². The fraction of sp³-hybridized carbons (Fsp3) is 0.381. The van der Waals surface area contributed by atoms with Crippen LogP contribution in [-0.4, -0.2) is 42.0 Å². The third kappa shape index (κ3) is 4.42. The normalized spacial score (nSPS) is 14.7. The third-order valence-electron chi connectivity index (χ3n) is 5.27. The summed E-state index contributed by atoms with van der Waals surface area (Å²) in [5.74, 6) is 0.0755. The molecule has 1 aliphatic rings. The van der Waals surface area contributed by atoms with E-state index in [-0.39, 0.29) is 11.9 Å². The second-order valence-corrected chi connectivity index (χ2v) is 7.25. The third-order valence-corrected chi connectivity index (χ3v) is 5.27. The van der Waals surface area contributed by atoms with Crippen LogP contribution in [0.3, 0.4) is 0 Å². The standard InChI is InChI=1S/C21H24N6O/c28-21(18-11-9-17(10-12-18)14-26-16-23-24-25-26)27(20-7-2-1-3-8-20)15-19-6-4-5-13-22-19/h4-6,9-13,16,20H,1-3,7-8,14-15H2. The summed E-state index contributed by atoms with van der Waals surface area (Å²) in [5, 5.41) is 11.2. The van der Waals surface area contributed by atoms with Gasteiger partial charge in [0.05, 0.1) is 18.8 Å². The largest absolute Gasteiger partial charge is 0.330 e. The number of amides is 1. The second kappa shape index (κ2) is 8.73. The van der Waals surface area contributed by atoms with Crippen LogP contribution in [0, 0.1) is 0 Å². The highest BCUT2D eigenvalue weighted by Gasteiger charge is 2.26. The van der Waals surface area contributed by atoms with Crippen molar-refractivity contribution in [1.29, 1.82) is 0 Å². The molecule has 0 spiro atoms. The lowest BCUT2D eigenvalue weighted by atomic mass is 9.93. The summed E-state index contributed by atoms with van der Waals surface area (Å²) in [7, 11) is 0. The van der Waals surface area contributed by atoms with E-state index in [1.54, 1.807) is 17.2 Å². The average Bonchev–Trinajstić information content (AvgIpc) is 3.26. The van der Waals surface area contributed by atoms with E-state index in [9.17, 15) is 4.79 Å². The second-order valence-electron chi connectivity index (χ2n) is 7.25. The van der Waals surface area contributed by atoms with E-state index in [1.165, 1.54) is 19.3 Å². The predicted molar refractivity (Wildman–Crippen MR) is 104 cm³/mol. The number of rotatable bonds is 6. The van der Waals surface area contributed by atoms with Crippen LogP contribution in [0.15, 0.2) is 55.0 Å². The van der Waals surface area contributed by atoms with Crippen LogP contribution in [0.2, 0.25) is 0 Å². The zero-order valence-corrected chi connectivity index (χ0v) is 15.8. The van der Waals surface area contributed by atoms with Gasteiger partial charge in [0.1, 0.15) is 6.33 Å². The van der Waals surface area contributed by atoms with Crippen LogP contribution >= 0.6 is 0 Å². The molecule has 0 atom stereocenters. The van der Waals surface area contributed by atoms with Crippen molar-refractivity contribution in [2.75, 3.05) is 0 Å². The predicted octanol–water partition coefficient (Wildman–Crippen LogP) is 3.09. The minimum atomic E-state index is 0.0755. The van der Waals surface area contributed by atoms with Gasteiger partial charge in [0.25, 0.3) is 5.91 Å². The van der Waals surface area contributed by atoms with Crippen LogP contribution in [-0.2, 0) is 13.1 Å². The highest BCUT2D eigenvalue weighted by molar-refractivity contribution is 5.94. The molecule has 1 amide bonds. The quantitative estimate of drug-likeness (QED) is 0.661. The lowest BCUT2D eigenvalue weighted by Crippen LogP contribution is -2.41. The summed E-state index contributed by atoms with van der Waals surface area (Å²) in [4.78, 5) is 19.8. The molecule has 1 fully saturated rings.